The summed E-state index contributed by atoms with van der Waals surface area (Å²) in [5.41, 5.74) is 1.25. The van der Waals surface area contributed by atoms with Crippen molar-refractivity contribution in [3.05, 3.63) is 24.3 Å². The number of carbonyl (C=O) groups is 3. The lowest BCUT2D eigenvalue weighted by molar-refractivity contribution is -0.160. The summed E-state index contributed by atoms with van der Waals surface area (Å²) in [6.45, 7) is 13.1. The Morgan fingerprint density at radius 2 is 2.00 bits per heavy atom. The first kappa shape index (κ1) is 21.6. The molecule has 7 atom stereocenters. The van der Waals surface area contributed by atoms with E-state index in [0.717, 1.165) is 5.57 Å². The van der Waals surface area contributed by atoms with E-state index in [1.54, 1.807) is 0 Å². The number of carbonyl (C=O) groups excluding carboxylic acids is 3. The van der Waals surface area contributed by atoms with Crippen LogP contribution in [0.3, 0.4) is 0 Å². The molecule has 3 aliphatic rings. The van der Waals surface area contributed by atoms with Crippen molar-refractivity contribution in [3.8, 4) is 0 Å². The first-order valence-electron chi connectivity index (χ1n) is 10.2. The molecule has 3 rings (SSSR count). The van der Waals surface area contributed by atoms with Crippen LogP contribution in [0, 0.1) is 29.6 Å². The van der Waals surface area contributed by atoms with Crippen LogP contribution in [0.4, 0.5) is 0 Å². The molecule has 160 valence electrons. The highest BCUT2D eigenvalue weighted by molar-refractivity contribution is 5.90. The number of ether oxygens (including phenoxy) is 3. The molecular weight excluding hydrogens is 376 g/mol. The predicted octanol–water partition coefficient (Wildman–Crippen LogP) is 2.18. The summed E-state index contributed by atoms with van der Waals surface area (Å²) in [7, 11) is 0. The molecule has 3 fully saturated rings. The van der Waals surface area contributed by atoms with Gasteiger partial charge in [0.1, 0.15) is 12.2 Å². The molecule has 0 spiro atoms. The second-order valence-electron chi connectivity index (χ2n) is 8.81. The summed E-state index contributed by atoms with van der Waals surface area (Å²) in [5.74, 6) is -2.65. The summed E-state index contributed by atoms with van der Waals surface area (Å²) in [4.78, 5) is 36.0. The van der Waals surface area contributed by atoms with E-state index in [1.165, 1.54) is 6.92 Å². The maximum absolute atomic E-state index is 12.2. The first-order valence-corrected chi connectivity index (χ1v) is 10.2. The number of aliphatic hydroxyl groups is 1. The lowest BCUT2D eigenvalue weighted by Gasteiger charge is -2.30. The van der Waals surface area contributed by atoms with Crippen molar-refractivity contribution >= 4 is 17.9 Å². The second kappa shape index (κ2) is 8.30. The molecule has 1 saturated heterocycles. The van der Waals surface area contributed by atoms with Crippen LogP contribution in [0.25, 0.3) is 0 Å². The Bertz CT molecular complexity index is 725. The molecule has 1 heterocycles. The monoisotopic (exact) mass is 406 g/mol. The van der Waals surface area contributed by atoms with E-state index in [4.69, 9.17) is 14.2 Å². The average Bonchev–Trinajstić information content (AvgIpc) is 2.98. The van der Waals surface area contributed by atoms with Crippen LogP contribution in [0.1, 0.15) is 40.0 Å². The van der Waals surface area contributed by atoms with Crippen molar-refractivity contribution in [3.63, 3.8) is 0 Å². The van der Waals surface area contributed by atoms with E-state index < -0.39 is 42.1 Å². The van der Waals surface area contributed by atoms with Crippen LogP contribution >= 0.6 is 0 Å². The number of hydrogen-bond acceptors (Lipinski definition) is 7. The molecule has 1 aliphatic heterocycles. The van der Waals surface area contributed by atoms with E-state index in [1.807, 2.05) is 13.8 Å². The van der Waals surface area contributed by atoms with Gasteiger partial charge in [0.15, 0.2) is 0 Å². The normalized spacial score (nSPS) is 36.3. The number of hydrogen-bond donors (Lipinski definition) is 1. The zero-order valence-corrected chi connectivity index (χ0v) is 17.3. The van der Waals surface area contributed by atoms with Gasteiger partial charge in [-0.15, -0.1) is 0 Å². The van der Waals surface area contributed by atoms with E-state index in [9.17, 15) is 19.5 Å². The van der Waals surface area contributed by atoms with Crippen LogP contribution in [-0.2, 0) is 28.6 Å². The molecule has 0 aromatic rings. The summed E-state index contributed by atoms with van der Waals surface area (Å²) in [6.07, 6.45) is -0.836. The van der Waals surface area contributed by atoms with Gasteiger partial charge in [-0.2, -0.15) is 0 Å². The highest BCUT2D eigenvalue weighted by Crippen LogP contribution is 2.53. The van der Waals surface area contributed by atoms with Crippen LogP contribution in [0.2, 0.25) is 0 Å². The van der Waals surface area contributed by atoms with Gasteiger partial charge in [-0.1, -0.05) is 32.6 Å². The maximum Gasteiger partial charge on any atom is 0.334 e. The minimum atomic E-state index is -1.00. The fraction of sp³-hybridized carbons (Fsp3) is 0.682. The molecule has 0 bridgehead atoms. The zero-order chi connectivity index (χ0) is 21.5. The Morgan fingerprint density at radius 3 is 2.62 bits per heavy atom. The van der Waals surface area contributed by atoms with Gasteiger partial charge in [0, 0.05) is 42.6 Å². The van der Waals surface area contributed by atoms with Gasteiger partial charge >= 0.3 is 17.9 Å². The van der Waals surface area contributed by atoms with Crippen molar-refractivity contribution in [1.82, 2.24) is 0 Å². The summed E-state index contributed by atoms with van der Waals surface area (Å²) in [6, 6.07) is 0. The van der Waals surface area contributed by atoms with Crippen LogP contribution in [0.5, 0.6) is 0 Å². The third-order valence-corrected chi connectivity index (χ3v) is 6.33. The molecule has 0 amide bonds. The third-order valence-electron chi connectivity index (χ3n) is 6.33. The molecule has 0 radical (unpaired) electrons. The highest BCUT2D eigenvalue weighted by atomic mass is 16.6. The molecule has 7 nitrogen and oxygen atoms in total. The molecule has 7 unspecified atom stereocenters. The van der Waals surface area contributed by atoms with Crippen molar-refractivity contribution in [2.24, 2.45) is 29.6 Å². The lowest BCUT2D eigenvalue weighted by Crippen LogP contribution is -2.38. The second-order valence-corrected chi connectivity index (χ2v) is 8.81. The standard InChI is InChI=1S/C22H30O7/c1-10(2)8-16(24)27-9-15-18-17(19(25)21(15)28-13(5)23)11(3)6-7-14-12(4)22(26)29-20(14)18/h10,14-15,17-21,25H,3-4,6-9H2,1-2,5H3. The largest absolute Gasteiger partial charge is 0.465 e. The molecule has 29 heavy (non-hydrogen) atoms. The zero-order valence-electron chi connectivity index (χ0n) is 17.3. The molecule has 1 N–H and O–H groups in total. The fourth-order valence-electron chi connectivity index (χ4n) is 5.09. The molecule has 2 aliphatic carbocycles. The Labute approximate surface area is 171 Å². The quantitative estimate of drug-likeness (QED) is 0.323. The fourth-order valence-corrected chi connectivity index (χ4v) is 5.09. The van der Waals surface area contributed by atoms with Gasteiger partial charge in [-0.05, 0) is 18.8 Å². The van der Waals surface area contributed by atoms with Gasteiger partial charge in [-0.3, -0.25) is 9.59 Å². The number of rotatable bonds is 5. The molecule has 0 aromatic carbocycles. The van der Waals surface area contributed by atoms with Gasteiger partial charge in [0.05, 0.1) is 12.7 Å². The summed E-state index contributed by atoms with van der Waals surface area (Å²) >= 11 is 0. The predicted molar refractivity (Wildman–Crippen MR) is 103 cm³/mol. The highest BCUT2D eigenvalue weighted by Gasteiger charge is 2.60. The third kappa shape index (κ3) is 4.10. The van der Waals surface area contributed by atoms with E-state index in [0.29, 0.717) is 18.4 Å². The lowest BCUT2D eigenvalue weighted by atomic mass is 9.78. The smallest absolute Gasteiger partial charge is 0.334 e. The van der Waals surface area contributed by atoms with Gasteiger partial charge in [-0.25, -0.2) is 4.79 Å². The van der Waals surface area contributed by atoms with Gasteiger partial charge < -0.3 is 19.3 Å². The van der Waals surface area contributed by atoms with E-state index in [-0.39, 0.29) is 36.8 Å². The van der Waals surface area contributed by atoms with Crippen molar-refractivity contribution in [1.29, 1.82) is 0 Å². The Kier molecular flexibility index (Phi) is 6.17. The Balaban J connectivity index is 1.92. The van der Waals surface area contributed by atoms with Crippen molar-refractivity contribution in [2.75, 3.05) is 6.61 Å². The summed E-state index contributed by atoms with van der Waals surface area (Å²) < 4.78 is 16.6. The summed E-state index contributed by atoms with van der Waals surface area (Å²) in [5, 5.41) is 11.0. The van der Waals surface area contributed by atoms with Crippen LogP contribution in [0.15, 0.2) is 24.3 Å². The molecule has 7 heteroatoms. The van der Waals surface area contributed by atoms with Gasteiger partial charge in [0.25, 0.3) is 0 Å². The number of fused-ring (bicyclic) bond motifs is 3. The van der Waals surface area contributed by atoms with Gasteiger partial charge in [0.2, 0.25) is 0 Å². The number of esters is 3. The van der Waals surface area contributed by atoms with Crippen LogP contribution < -0.4 is 0 Å². The van der Waals surface area contributed by atoms with Crippen LogP contribution in [-0.4, -0.2) is 47.9 Å². The average molecular weight is 406 g/mol. The van der Waals surface area contributed by atoms with Crippen molar-refractivity contribution < 1.29 is 33.7 Å². The molecular formula is C22H30O7. The molecule has 0 aromatic heterocycles. The SMILES string of the molecule is C=C1C(=O)OC2C1CCC(=C)C1C(O)C(OC(C)=O)C(COC(=O)CC(C)C)C21. The molecule has 2 saturated carbocycles. The minimum absolute atomic E-state index is 0.0255. The maximum atomic E-state index is 12.2. The van der Waals surface area contributed by atoms with E-state index >= 15 is 0 Å². The first-order chi connectivity index (χ1) is 13.6. The topological polar surface area (TPSA) is 99.1 Å². The van der Waals surface area contributed by atoms with E-state index in [2.05, 4.69) is 13.2 Å². The minimum Gasteiger partial charge on any atom is -0.465 e. The Morgan fingerprint density at radius 1 is 1.31 bits per heavy atom. The number of aliphatic hydroxyl groups excluding tert-OH is 1. The van der Waals surface area contributed by atoms with Crippen molar-refractivity contribution in [2.45, 2.75) is 58.3 Å². The Hall–Kier alpha value is -2.15.